The van der Waals surface area contributed by atoms with Gasteiger partial charge >= 0.3 is 6.18 Å². The number of morpholine rings is 1. The van der Waals surface area contributed by atoms with Gasteiger partial charge in [-0.05, 0) is 35.7 Å². The van der Waals surface area contributed by atoms with Crippen LogP contribution in [0.15, 0.2) is 54.7 Å². The van der Waals surface area contributed by atoms with Crippen LogP contribution in [-0.2, 0) is 22.1 Å². The minimum absolute atomic E-state index is 0.0829. The monoisotopic (exact) mass is 445 g/mol. The summed E-state index contributed by atoms with van der Waals surface area (Å²) in [6.07, 6.45) is -1.50. The van der Waals surface area contributed by atoms with E-state index in [9.17, 15) is 18.0 Å². The lowest BCUT2D eigenvalue weighted by Gasteiger charge is -2.35. The molecule has 0 bridgehead atoms. The van der Waals surface area contributed by atoms with Gasteiger partial charge in [0.25, 0.3) is 0 Å². The minimum Gasteiger partial charge on any atom is -0.379 e. The molecule has 32 heavy (non-hydrogen) atoms. The molecule has 2 N–H and O–H groups in total. The Hall–Kier alpha value is -2.84. The van der Waals surface area contributed by atoms with E-state index < -0.39 is 11.7 Å². The Labute approximate surface area is 184 Å². The third kappa shape index (κ3) is 5.31. The van der Waals surface area contributed by atoms with Crippen molar-refractivity contribution < 1.29 is 22.7 Å². The first-order valence-corrected chi connectivity index (χ1v) is 10.7. The zero-order chi connectivity index (χ0) is 22.6. The Morgan fingerprint density at radius 1 is 1.09 bits per heavy atom. The summed E-state index contributed by atoms with van der Waals surface area (Å²) in [7, 11) is 0. The summed E-state index contributed by atoms with van der Waals surface area (Å²) in [4.78, 5) is 17.9. The number of hydrogen-bond acceptors (Lipinski definition) is 3. The molecule has 2 aromatic carbocycles. The molecule has 1 aromatic heterocycles. The number of halogens is 3. The smallest absolute Gasteiger partial charge is 0.379 e. The third-order valence-corrected chi connectivity index (χ3v) is 5.90. The van der Waals surface area contributed by atoms with Crippen LogP contribution in [0.4, 0.5) is 13.2 Å². The molecule has 0 radical (unpaired) electrons. The molecule has 1 saturated heterocycles. The molecule has 1 aliphatic heterocycles. The highest BCUT2D eigenvalue weighted by Gasteiger charge is 2.31. The molecule has 1 atom stereocenters. The van der Waals surface area contributed by atoms with Crippen LogP contribution >= 0.6 is 0 Å². The summed E-state index contributed by atoms with van der Waals surface area (Å²) in [6, 6.07) is 12.9. The summed E-state index contributed by atoms with van der Waals surface area (Å²) >= 11 is 0. The second kappa shape index (κ2) is 9.75. The first kappa shape index (κ1) is 22.4. The van der Waals surface area contributed by atoms with Crippen molar-refractivity contribution in [1.82, 2.24) is 15.2 Å². The fourth-order valence-electron chi connectivity index (χ4n) is 4.13. The van der Waals surface area contributed by atoms with E-state index in [1.165, 1.54) is 12.1 Å². The van der Waals surface area contributed by atoms with Crippen molar-refractivity contribution in [2.45, 2.75) is 25.1 Å². The average Bonchev–Trinajstić information content (AvgIpc) is 3.21. The predicted octanol–water partition coefficient (Wildman–Crippen LogP) is 4.31. The number of fused-ring (bicyclic) bond motifs is 1. The fraction of sp³-hybridized carbons (Fsp3) is 0.375. The molecule has 1 fully saturated rings. The number of aromatic nitrogens is 1. The summed E-state index contributed by atoms with van der Waals surface area (Å²) in [5.74, 6) is -0.0829. The van der Waals surface area contributed by atoms with Crippen molar-refractivity contribution in [1.29, 1.82) is 0 Å². The Kier molecular flexibility index (Phi) is 6.81. The summed E-state index contributed by atoms with van der Waals surface area (Å²) in [5.41, 5.74) is 2.20. The average molecular weight is 445 g/mol. The molecule has 4 rings (SSSR count). The predicted molar refractivity (Wildman–Crippen MR) is 116 cm³/mol. The molecule has 2 heterocycles. The van der Waals surface area contributed by atoms with Crippen LogP contribution in [0.25, 0.3) is 10.9 Å². The van der Waals surface area contributed by atoms with Gasteiger partial charge in [-0.2, -0.15) is 13.2 Å². The SMILES string of the molecule is O=C(CCc1c[nH]c2ccccc12)NCC(c1ccc(C(F)(F)F)cc1)N1CCOCC1. The number of benzene rings is 2. The molecule has 1 unspecified atom stereocenters. The Balaban J connectivity index is 1.40. The first-order chi connectivity index (χ1) is 15.4. The van der Waals surface area contributed by atoms with E-state index in [1.54, 1.807) is 0 Å². The number of ether oxygens (including phenoxy) is 1. The number of amides is 1. The number of para-hydroxylation sites is 1. The van der Waals surface area contributed by atoms with Gasteiger partial charge in [-0.3, -0.25) is 9.69 Å². The summed E-state index contributed by atoms with van der Waals surface area (Å²) < 4.78 is 44.2. The van der Waals surface area contributed by atoms with Crippen LogP contribution in [0.2, 0.25) is 0 Å². The highest BCUT2D eigenvalue weighted by Crippen LogP contribution is 2.31. The molecule has 5 nitrogen and oxygen atoms in total. The van der Waals surface area contributed by atoms with Gasteiger partial charge in [0.05, 0.1) is 24.8 Å². The van der Waals surface area contributed by atoms with E-state index in [0.29, 0.717) is 45.7 Å². The van der Waals surface area contributed by atoms with E-state index >= 15 is 0 Å². The Morgan fingerprint density at radius 2 is 1.81 bits per heavy atom. The number of hydrogen-bond donors (Lipinski definition) is 2. The number of nitrogens with zero attached hydrogens (tertiary/aromatic N) is 1. The quantitative estimate of drug-likeness (QED) is 0.570. The highest BCUT2D eigenvalue weighted by atomic mass is 19.4. The molecule has 0 aliphatic carbocycles. The van der Waals surface area contributed by atoms with Crippen molar-refractivity contribution >= 4 is 16.8 Å². The number of alkyl halides is 3. The molecule has 0 saturated carbocycles. The second-order valence-corrected chi connectivity index (χ2v) is 7.95. The van der Waals surface area contributed by atoms with Crippen LogP contribution in [0, 0.1) is 0 Å². The van der Waals surface area contributed by atoms with Gasteiger partial charge < -0.3 is 15.0 Å². The van der Waals surface area contributed by atoms with Crippen LogP contribution in [0.5, 0.6) is 0 Å². The summed E-state index contributed by atoms with van der Waals surface area (Å²) in [6.45, 7) is 2.78. The third-order valence-electron chi connectivity index (χ3n) is 5.90. The van der Waals surface area contributed by atoms with Gasteiger partial charge in [-0.15, -0.1) is 0 Å². The van der Waals surface area contributed by atoms with Crippen LogP contribution in [-0.4, -0.2) is 48.6 Å². The number of carbonyl (C=O) groups excluding carboxylic acids is 1. The zero-order valence-electron chi connectivity index (χ0n) is 17.6. The molecule has 8 heteroatoms. The molecule has 1 amide bonds. The normalized spacial score (nSPS) is 16.2. The van der Waals surface area contributed by atoms with Gasteiger partial charge in [0, 0.05) is 43.2 Å². The minimum atomic E-state index is -4.37. The second-order valence-electron chi connectivity index (χ2n) is 7.95. The number of rotatable bonds is 7. The number of aryl methyl sites for hydroxylation is 1. The van der Waals surface area contributed by atoms with Gasteiger partial charge in [0.1, 0.15) is 0 Å². The molecule has 0 spiro atoms. The topological polar surface area (TPSA) is 57.4 Å². The van der Waals surface area contributed by atoms with E-state index in [0.717, 1.165) is 34.2 Å². The van der Waals surface area contributed by atoms with Crippen LogP contribution in [0.1, 0.15) is 29.2 Å². The van der Waals surface area contributed by atoms with E-state index in [4.69, 9.17) is 4.74 Å². The Morgan fingerprint density at radius 3 is 2.53 bits per heavy atom. The number of H-pyrrole nitrogens is 1. The zero-order valence-corrected chi connectivity index (χ0v) is 17.6. The van der Waals surface area contributed by atoms with Gasteiger partial charge in [-0.1, -0.05) is 30.3 Å². The van der Waals surface area contributed by atoms with Crippen molar-refractivity contribution in [3.05, 3.63) is 71.4 Å². The van der Waals surface area contributed by atoms with Gasteiger partial charge in [0.15, 0.2) is 0 Å². The maximum atomic E-state index is 12.9. The lowest BCUT2D eigenvalue weighted by Crippen LogP contribution is -2.43. The first-order valence-electron chi connectivity index (χ1n) is 10.7. The Bertz CT molecular complexity index is 1040. The maximum Gasteiger partial charge on any atom is 0.416 e. The molecule has 170 valence electrons. The lowest BCUT2D eigenvalue weighted by molar-refractivity contribution is -0.137. The van der Waals surface area contributed by atoms with Crippen molar-refractivity contribution in [3.8, 4) is 0 Å². The standard InChI is InChI=1S/C24H26F3N3O2/c25-24(26,27)19-8-5-17(6-9-19)22(30-11-13-32-14-12-30)16-29-23(31)10-7-18-15-28-21-4-2-1-3-20(18)21/h1-6,8-9,15,22,28H,7,10-14,16H2,(H,29,31). The number of nitrogens with one attached hydrogen (secondary N) is 2. The largest absolute Gasteiger partial charge is 0.416 e. The van der Waals surface area contributed by atoms with E-state index in [-0.39, 0.29) is 11.9 Å². The molecule has 1 aliphatic rings. The van der Waals surface area contributed by atoms with Crippen molar-refractivity contribution in [3.63, 3.8) is 0 Å². The molecular formula is C24H26F3N3O2. The van der Waals surface area contributed by atoms with Crippen molar-refractivity contribution in [2.75, 3.05) is 32.8 Å². The van der Waals surface area contributed by atoms with Crippen LogP contribution < -0.4 is 5.32 Å². The summed E-state index contributed by atoms with van der Waals surface area (Å²) in [5, 5.41) is 4.09. The van der Waals surface area contributed by atoms with Crippen molar-refractivity contribution in [2.24, 2.45) is 0 Å². The lowest BCUT2D eigenvalue weighted by atomic mass is 10.0. The number of aromatic amines is 1. The molecule has 3 aromatic rings. The molecular weight excluding hydrogens is 419 g/mol. The van der Waals surface area contributed by atoms with E-state index in [2.05, 4.69) is 15.2 Å². The van der Waals surface area contributed by atoms with E-state index in [1.807, 2.05) is 30.5 Å². The number of carbonyl (C=O) groups is 1. The van der Waals surface area contributed by atoms with Gasteiger partial charge in [-0.25, -0.2) is 0 Å². The van der Waals surface area contributed by atoms with Crippen LogP contribution in [0.3, 0.4) is 0 Å². The highest BCUT2D eigenvalue weighted by molar-refractivity contribution is 5.84. The fourth-order valence-corrected chi connectivity index (χ4v) is 4.13. The van der Waals surface area contributed by atoms with Gasteiger partial charge in [0.2, 0.25) is 5.91 Å². The maximum absolute atomic E-state index is 12.9.